The smallest absolute Gasteiger partial charge is 0.237 e. The van der Waals surface area contributed by atoms with Crippen molar-refractivity contribution in [2.24, 2.45) is 0 Å². The van der Waals surface area contributed by atoms with E-state index in [1.165, 1.54) is 0 Å². The molecule has 5 heteroatoms. The Kier molecular flexibility index (Phi) is 8.01. The van der Waals surface area contributed by atoms with E-state index in [1.807, 2.05) is 86.3 Å². The molecule has 2 N–H and O–H groups in total. The van der Waals surface area contributed by atoms with Crippen molar-refractivity contribution >= 4 is 11.8 Å². The number of benzene rings is 2. The third-order valence-corrected chi connectivity index (χ3v) is 4.61. The summed E-state index contributed by atoms with van der Waals surface area (Å²) in [6.07, 6.45) is 0. The number of nitrogens with one attached hydrogen (secondary N) is 2. The number of carbonyl (C=O) groups is 2. The summed E-state index contributed by atoms with van der Waals surface area (Å²) in [5.41, 5.74) is 2.05. The van der Waals surface area contributed by atoms with E-state index in [1.54, 1.807) is 0 Å². The highest BCUT2D eigenvalue weighted by molar-refractivity contribution is 5.84. The van der Waals surface area contributed by atoms with Crippen LogP contribution in [-0.4, -0.2) is 42.4 Å². The van der Waals surface area contributed by atoms with Crippen molar-refractivity contribution < 1.29 is 9.59 Å². The molecule has 0 spiro atoms. The second-order valence-corrected chi connectivity index (χ2v) is 6.46. The van der Waals surface area contributed by atoms with Gasteiger partial charge in [-0.25, -0.2) is 0 Å². The molecule has 0 radical (unpaired) electrons. The molecule has 0 aliphatic carbocycles. The molecule has 0 bridgehead atoms. The molecule has 1 atom stereocenters. The van der Waals surface area contributed by atoms with Crippen molar-refractivity contribution in [1.29, 1.82) is 0 Å². The second kappa shape index (κ2) is 10.5. The number of hydrogen-bond acceptors (Lipinski definition) is 3. The van der Waals surface area contributed by atoms with Crippen LogP contribution >= 0.6 is 0 Å². The Labute approximate surface area is 161 Å². The highest BCUT2D eigenvalue weighted by Crippen LogP contribution is 2.22. The zero-order valence-electron chi connectivity index (χ0n) is 16.3. The van der Waals surface area contributed by atoms with Gasteiger partial charge < -0.3 is 10.6 Å². The van der Waals surface area contributed by atoms with Crippen LogP contribution < -0.4 is 10.6 Å². The van der Waals surface area contributed by atoms with E-state index in [0.717, 1.165) is 11.1 Å². The van der Waals surface area contributed by atoms with Crippen molar-refractivity contribution in [3.05, 3.63) is 71.8 Å². The molecule has 0 heterocycles. The van der Waals surface area contributed by atoms with Crippen LogP contribution in [0.2, 0.25) is 0 Å². The number of amides is 2. The summed E-state index contributed by atoms with van der Waals surface area (Å²) >= 11 is 0. The summed E-state index contributed by atoms with van der Waals surface area (Å²) in [6, 6.07) is 19.2. The predicted molar refractivity (Wildman–Crippen MR) is 108 cm³/mol. The minimum absolute atomic E-state index is 0.0679. The Morgan fingerprint density at radius 1 is 0.926 bits per heavy atom. The fourth-order valence-corrected chi connectivity index (χ4v) is 3.04. The fourth-order valence-electron chi connectivity index (χ4n) is 3.04. The highest BCUT2D eigenvalue weighted by Gasteiger charge is 2.25. The fraction of sp³-hybridized carbons (Fsp3) is 0.364. The standard InChI is InChI=1S/C22H29N3O2/c1-4-23-20(26)16-25(5-2)17(3)22(27)24-21(18-12-8-6-9-13-18)19-14-10-7-11-15-19/h6-15,17,21H,4-5,16H2,1-3H3,(H,23,26)(H,24,27)/t17-/m1/s1. The Hall–Kier alpha value is -2.66. The zero-order valence-corrected chi connectivity index (χ0v) is 16.3. The second-order valence-electron chi connectivity index (χ2n) is 6.46. The molecule has 5 nitrogen and oxygen atoms in total. The van der Waals surface area contributed by atoms with Gasteiger partial charge in [-0.2, -0.15) is 0 Å². The Morgan fingerprint density at radius 2 is 1.44 bits per heavy atom. The van der Waals surface area contributed by atoms with E-state index in [9.17, 15) is 9.59 Å². The van der Waals surface area contributed by atoms with E-state index in [2.05, 4.69) is 10.6 Å². The molecule has 0 unspecified atom stereocenters. The lowest BCUT2D eigenvalue weighted by Gasteiger charge is -2.28. The van der Waals surface area contributed by atoms with Gasteiger partial charge in [0.1, 0.15) is 0 Å². The first-order chi connectivity index (χ1) is 13.1. The van der Waals surface area contributed by atoms with Gasteiger partial charge in [-0.1, -0.05) is 67.6 Å². The van der Waals surface area contributed by atoms with Crippen LogP contribution in [-0.2, 0) is 9.59 Å². The summed E-state index contributed by atoms with van der Waals surface area (Å²) in [5, 5.41) is 5.94. The van der Waals surface area contributed by atoms with Crippen molar-refractivity contribution in [3.63, 3.8) is 0 Å². The highest BCUT2D eigenvalue weighted by atomic mass is 16.2. The average molecular weight is 367 g/mol. The summed E-state index contributed by atoms with van der Waals surface area (Å²) < 4.78 is 0. The van der Waals surface area contributed by atoms with Gasteiger partial charge in [-0.05, 0) is 31.5 Å². The lowest BCUT2D eigenvalue weighted by Crippen LogP contribution is -2.49. The first kappa shape index (κ1) is 20.6. The van der Waals surface area contributed by atoms with Crippen LogP contribution in [0.4, 0.5) is 0 Å². The normalized spacial score (nSPS) is 12.0. The third-order valence-electron chi connectivity index (χ3n) is 4.61. The third kappa shape index (κ3) is 5.93. The summed E-state index contributed by atoms with van der Waals surface area (Å²) in [4.78, 5) is 26.7. The molecule has 0 fully saturated rings. The molecule has 2 amide bonds. The number of rotatable bonds is 9. The Balaban J connectivity index is 2.16. The predicted octanol–water partition coefficient (Wildman–Crippen LogP) is 2.74. The molecule has 0 saturated heterocycles. The van der Waals surface area contributed by atoms with Crippen LogP contribution in [0, 0.1) is 0 Å². The molecule has 0 aliphatic heterocycles. The van der Waals surface area contributed by atoms with Gasteiger partial charge in [0.25, 0.3) is 0 Å². The van der Waals surface area contributed by atoms with Crippen molar-refractivity contribution in [3.8, 4) is 0 Å². The topological polar surface area (TPSA) is 61.4 Å². The lowest BCUT2D eigenvalue weighted by atomic mass is 9.98. The van der Waals surface area contributed by atoms with Gasteiger partial charge >= 0.3 is 0 Å². The number of carbonyl (C=O) groups excluding carboxylic acids is 2. The first-order valence-corrected chi connectivity index (χ1v) is 9.47. The van der Waals surface area contributed by atoms with Crippen LogP contribution in [0.1, 0.15) is 37.9 Å². The van der Waals surface area contributed by atoms with E-state index in [4.69, 9.17) is 0 Å². The molecule has 144 valence electrons. The first-order valence-electron chi connectivity index (χ1n) is 9.47. The van der Waals surface area contributed by atoms with Crippen LogP contribution in [0.5, 0.6) is 0 Å². The Bertz CT molecular complexity index is 679. The number of hydrogen-bond donors (Lipinski definition) is 2. The summed E-state index contributed by atoms with van der Waals surface area (Å²) in [6.45, 7) is 7.09. The van der Waals surface area contributed by atoms with Gasteiger partial charge in [0.05, 0.1) is 18.6 Å². The molecular weight excluding hydrogens is 338 g/mol. The van der Waals surface area contributed by atoms with E-state index < -0.39 is 6.04 Å². The molecule has 0 aliphatic rings. The maximum atomic E-state index is 13.0. The van der Waals surface area contributed by atoms with E-state index >= 15 is 0 Å². The minimum atomic E-state index is -0.410. The molecule has 2 rings (SSSR count). The molecule has 27 heavy (non-hydrogen) atoms. The summed E-state index contributed by atoms with van der Waals surface area (Å²) in [7, 11) is 0. The van der Waals surface area contributed by atoms with Crippen molar-refractivity contribution in [1.82, 2.24) is 15.5 Å². The maximum absolute atomic E-state index is 13.0. The van der Waals surface area contributed by atoms with Gasteiger partial charge in [-0.15, -0.1) is 0 Å². The molecule has 2 aromatic carbocycles. The van der Waals surface area contributed by atoms with Crippen LogP contribution in [0.25, 0.3) is 0 Å². The molecule has 0 aromatic heterocycles. The van der Waals surface area contributed by atoms with Crippen molar-refractivity contribution in [2.75, 3.05) is 19.6 Å². The largest absolute Gasteiger partial charge is 0.355 e. The molecular formula is C22H29N3O2. The number of nitrogens with zero attached hydrogens (tertiary/aromatic N) is 1. The molecule has 0 saturated carbocycles. The van der Waals surface area contributed by atoms with Crippen molar-refractivity contribution in [2.45, 2.75) is 32.9 Å². The summed E-state index contributed by atoms with van der Waals surface area (Å²) in [5.74, 6) is -0.166. The zero-order chi connectivity index (χ0) is 19.6. The maximum Gasteiger partial charge on any atom is 0.237 e. The molecule has 2 aromatic rings. The minimum Gasteiger partial charge on any atom is -0.355 e. The SMILES string of the molecule is CCNC(=O)CN(CC)[C@H](C)C(=O)NC(c1ccccc1)c1ccccc1. The van der Waals surface area contributed by atoms with Gasteiger partial charge in [-0.3, -0.25) is 14.5 Å². The van der Waals surface area contributed by atoms with Crippen LogP contribution in [0.15, 0.2) is 60.7 Å². The van der Waals surface area contributed by atoms with E-state index in [0.29, 0.717) is 13.1 Å². The quantitative estimate of drug-likeness (QED) is 0.716. The monoisotopic (exact) mass is 367 g/mol. The Morgan fingerprint density at radius 3 is 1.89 bits per heavy atom. The van der Waals surface area contributed by atoms with Crippen LogP contribution in [0.3, 0.4) is 0 Å². The number of likely N-dealkylation sites (N-methyl/N-ethyl adjacent to an activating group) is 2. The van der Waals surface area contributed by atoms with E-state index in [-0.39, 0.29) is 24.4 Å². The average Bonchev–Trinajstić information content (AvgIpc) is 2.71. The van der Waals surface area contributed by atoms with Gasteiger partial charge in [0, 0.05) is 6.54 Å². The van der Waals surface area contributed by atoms with Gasteiger partial charge in [0.2, 0.25) is 11.8 Å². The lowest BCUT2D eigenvalue weighted by molar-refractivity contribution is -0.128. The van der Waals surface area contributed by atoms with Gasteiger partial charge in [0.15, 0.2) is 0 Å².